The van der Waals surface area contributed by atoms with Crippen molar-refractivity contribution in [3.05, 3.63) is 121 Å². The number of amides is 2. The minimum atomic E-state index is -2.30. The molecule has 2 atom stereocenters. The highest BCUT2D eigenvalue weighted by molar-refractivity contribution is 6.77. The molecule has 37 heavy (non-hydrogen) atoms. The molecular formula is C29H24Cl3N3O2. The van der Waals surface area contributed by atoms with Gasteiger partial charge in [-0.1, -0.05) is 114 Å². The van der Waals surface area contributed by atoms with Crippen molar-refractivity contribution in [2.24, 2.45) is 0 Å². The van der Waals surface area contributed by atoms with Crippen LogP contribution < -0.4 is 10.2 Å². The van der Waals surface area contributed by atoms with Gasteiger partial charge in [-0.15, -0.1) is 0 Å². The fraction of sp³-hybridized carbons (Fsp3) is 0.138. The van der Waals surface area contributed by atoms with Crippen molar-refractivity contribution in [1.29, 1.82) is 0 Å². The molecule has 0 bridgehead atoms. The molecule has 4 aromatic rings. The van der Waals surface area contributed by atoms with Crippen LogP contribution in [0.3, 0.4) is 0 Å². The quantitative estimate of drug-likeness (QED) is 0.249. The Labute approximate surface area is 231 Å². The van der Waals surface area contributed by atoms with Gasteiger partial charge in [-0.05, 0) is 41.8 Å². The predicted molar refractivity (Wildman–Crippen MR) is 150 cm³/mol. The molecule has 1 aromatic heterocycles. The summed E-state index contributed by atoms with van der Waals surface area (Å²) in [6.45, 7) is 1.86. The first-order chi connectivity index (χ1) is 17.8. The summed E-state index contributed by atoms with van der Waals surface area (Å²) in [5.41, 5.74) is 3.71. The lowest BCUT2D eigenvalue weighted by Gasteiger charge is -2.34. The second kappa shape index (κ2) is 11.8. The summed E-state index contributed by atoms with van der Waals surface area (Å²) in [5.74, 6) is -1.31. The molecule has 0 aliphatic carbocycles. The highest BCUT2D eigenvalue weighted by atomic mass is 35.6. The summed E-state index contributed by atoms with van der Waals surface area (Å²) in [6, 6.07) is 28.4. The normalized spacial score (nSPS) is 12.9. The average molecular weight is 553 g/mol. The van der Waals surface area contributed by atoms with Crippen LogP contribution in [0.2, 0.25) is 0 Å². The fourth-order valence-electron chi connectivity index (χ4n) is 4.04. The van der Waals surface area contributed by atoms with Gasteiger partial charge in [0.15, 0.2) is 0 Å². The molecule has 0 fully saturated rings. The van der Waals surface area contributed by atoms with Crippen LogP contribution >= 0.6 is 34.8 Å². The molecule has 1 heterocycles. The van der Waals surface area contributed by atoms with Crippen LogP contribution in [-0.2, 0) is 9.59 Å². The highest BCUT2D eigenvalue weighted by Crippen LogP contribution is 2.37. The van der Waals surface area contributed by atoms with Crippen molar-refractivity contribution in [3.63, 3.8) is 0 Å². The van der Waals surface area contributed by atoms with Crippen molar-refractivity contribution in [1.82, 2.24) is 10.3 Å². The maximum absolute atomic E-state index is 13.8. The summed E-state index contributed by atoms with van der Waals surface area (Å²) in [5, 5.41) is 3.00. The molecule has 5 nitrogen and oxygen atoms in total. The van der Waals surface area contributed by atoms with E-state index in [-0.39, 0.29) is 6.04 Å². The molecule has 4 rings (SSSR count). The topological polar surface area (TPSA) is 62.3 Å². The van der Waals surface area contributed by atoms with Crippen LogP contribution in [0.15, 0.2) is 109 Å². The number of aromatic nitrogens is 1. The summed E-state index contributed by atoms with van der Waals surface area (Å²) in [4.78, 5) is 32.7. The Morgan fingerprint density at radius 3 is 1.92 bits per heavy atom. The third-order valence-electron chi connectivity index (χ3n) is 5.88. The van der Waals surface area contributed by atoms with E-state index >= 15 is 0 Å². The van der Waals surface area contributed by atoms with E-state index < -0.39 is 21.6 Å². The van der Waals surface area contributed by atoms with Gasteiger partial charge in [-0.25, -0.2) is 0 Å². The zero-order chi connectivity index (χ0) is 26.4. The molecule has 1 N–H and O–H groups in total. The Hall–Kier alpha value is -3.38. The minimum absolute atomic E-state index is 0.335. The standard InChI is InChI=1S/C29H24Cl3N3O2/c1-20(21-9-4-2-5-10-21)34-27(36)26(24-13-8-18-33-19-24)35(28(37)29(30,31)32)25-16-14-23(15-17-25)22-11-6-3-7-12-22/h2-20,26H,1H3,(H,34,36)/t20-,26?/m0/s1. The Balaban J connectivity index is 1.77. The molecule has 3 aromatic carbocycles. The smallest absolute Gasteiger partial charge is 0.280 e. The number of nitrogens with zero attached hydrogens (tertiary/aromatic N) is 2. The van der Waals surface area contributed by atoms with Crippen LogP contribution in [0.25, 0.3) is 11.1 Å². The van der Waals surface area contributed by atoms with Gasteiger partial charge < -0.3 is 5.32 Å². The molecule has 0 aliphatic heterocycles. The first-order valence-electron chi connectivity index (χ1n) is 11.6. The lowest BCUT2D eigenvalue weighted by Crippen LogP contribution is -2.48. The van der Waals surface area contributed by atoms with Crippen molar-refractivity contribution >= 4 is 52.3 Å². The molecule has 0 saturated carbocycles. The first-order valence-corrected chi connectivity index (χ1v) is 12.7. The van der Waals surface area contributed by atoms with Gasteiger partial charge in [0.25, 0.3) is 9.70 Å². The molecule has 0 aliphatic rings. The molecular weight excluding hydrogens is 529 g/mol. The molecule has 188 valence electrons. The maximum atomic E-state index is 13.8. The number of pyridine rings is 1. The number of hydrogen-bond donors (Lipinski definition) is 1. The van der Waals surface area contributed by atoms with Crippen LogP contribution in [0.1, 0.15) is 30.1 Å². The largest absolute Gasteiger partial charge is 0.347 e. The lowest BCUT2D eigenvalue weighted by atomic mass is 10.0. The van der Waals surface area contributed by atoms with E-state index in [2.05, 4.69) is 10.3 Å². The van der Waals surface area contributed by atoms with Crippen LogP contribution in [0.4, 0.5) is 5.69 Å². The zero-order valence-corrected chi connectivity index (χ0v) is 22.2. The van der Waals surface area contributed by atoms with Crippen LogP contribution in [-0.4, -0.2) is 20.6 Å². The average Bonchev–Trinajstić information content (AvgIpc) is 2.92. The van der Waals surface area contributed by atoms with Gasteiger partial charge in [0, 0.05) is 23.6 Å². The summed E-state index contributed by atoms with van der Waals surface area (Å²) < 4.78 is -2.30. The van der Waals surface area contributed by atoms with E-state index in [9.17, 15) is 9.59 Å². The van der Waals surface area contributed by atoms with Gasteiger partial charge >= 0.3 is 0 Å². The Kier molecular flexibility index (Phi) is 8.49. The Morgan fingerprint density at radius 1 is 0.784 bits per heavy atom. The van der Waals surface area contributed by atoms with Crippen LogP contribution in [0.5, 0.6) is 0 Å². The molecule has 1 unspecified atom stereocenters. The number of hydrogen-bond acceptors (Lipinski definition) is 3. The van der Waals surface area contributed by atoms with E-state index in [0.29, 0.717) is 11.3 Å². The summed E-state index contributed by atoms with van der Waals surface area (Å²) >= 11 is 18.3. The third-order valence-corrected chi connectivity index (χ3v) is 6.36. The van der Waals surface area contributed by atoms with Crippen molar-refractivity contribution in [2.45, 2.75) is 22.8 Å². The zero-order valence-electron chi connectivity index (χ0n) is 19.9. The van der Waals surface area contributed by atoms with Gasteiger partial charge in [-0.2, -0.15) is 0 Å². The van der Waals surface area contributed by atoms with Crippen LogP contribution in [0, 0.1) is 0 Å². The summed E-state index contributed by atoms with van der Waals surface area (Å²) in [6.07, 6.45) is 3.11. The molecule has 0 spiro atoms. The van der Waals surface area contributed by atoms with Gasteiger partial charge in [-0.3, -0.25) is 19.5 Å². The minimum Gasteiger partial charge on any atom is -0.347 e. The lowest BCUT2D eigenvalue weighted by molar-refractivity contribution is -0.126. The van der Waals surface area contributed by atoms with Crippen molar-refractivity contribution in [2.75, 3.05) is 4.90 Å². The molecule has 0 radical (unpaired) electrons. The van der Waals surface area contributed by atoms with Crippen molar-refractivity contribution < 1.29 is 9.59 Å². The van der Waals surface area contributed by atoms with Gasteiger partial charge in [0.2, 0.25) is 5.91 Å². The van der Waals surface area contributed by atoms with Gasteiger partial charge in [0.1, 0.15) is 6.04 Å². The number of benzene rings is 3. The number of carbonyl (C=O) groups excluding carboxylic acids is 2. The summed E-state index contributed by atoms with van der Waals surface area (Å²) in [7, 11) is 0. The second-order valence-electron chi connectivity index (χ2n) is 8.42. The SMILES string of the molecule is C[C@H](NC(=O)C(c1cccnc1)N(C(=O)C(Cl)(Cl)Cl)c1ccc(-c2ccccc2)cc1)c1ccccc1. The Morgan fingerprint density at radius 2 is 1.35 bits per heavy atom. The number of halogens is 3. The predicted octanol–water partition coefficient (Wildman–Crippen LogP) is 7.07. The monoisotopic (exact) mass is 551 g/mol. The number of rotatable bonds is 7. The Bertz CT molecular complexity index is 1330. The maximum Gasteiger partial charge on any atom is 0.280 e. The molecule has 8 heteroatoms. The molecule has 0 saturated heterocycles. The number of alkyl halides is 3. The van der Waals surface area contributed by atoms with Gasteiger partial charge in [0.05, 0.1) is 6.04 Å². The van der Waals surface area contributed by atoms with E-state index in [1.54, 1.807) is 30.5 Å². The number of anilines is 1. The first kappa shape index (κ1) is 26.7. The fourth-order valence-corrected chi connectivity index (χ4v) is 4.31. The highest BCUT2D eigenvalue weighted by Gasteiger charge is 2.42. The van der Waals surface area contributed by atoms with E-state index in [1.165, 1.54) is 11.1 Å². The van der Waals surface area contributed by atoms with E-state index in [0.717, 1.165) is 16.7 Å². The number of carbonyl (C=O) groups is 2. The third kappa shape index (κ3) is 6.50. The second-order valence-corrected chi connectivity index (χ2v) is 10.7. The van der Waals surface area contributed by atoms with Crippen molar-refractivity contribution in [3.8, 4) is 11.1 Å². The molecule has 2 amide bonds. The van der Waals surface area contributed by atoms with E-state index in [1.807, 2.05) is 79.7 Å². The van der Waals surface area contributed by atoms with E-state index in [4.69, 9.17) is 34.8 Å². The number of nitrogens with one attached hydrogen (secondary N) is 1.